The van der Waals surface area contributed by atoms with Gasteiger partial charge in [0.2, 0.25) is 0 Å². The van der Waals surface area contributed by atoms with Crippen LogP contribution in [-0.4, -0.2) is 52.8 Å². The molecule has 7 nitrogen and oxygen atoms in total. The zero-order chi connectivity index (χ0) is 15.3. The van der Waals surface area contributed by atoms with Crippen LogP contribution >= 0.6 is 0 Å². The Bertz CT molecular complexity index is 472. The molecule has 2 bridgehead atoms. The van der Waals surface area contributed by atoms with Crippen LogP contribution in [0.3, 0.4) is 0 Å². The molecule has 0 aromatic heterocycles. The van der Waals surface area contributed by atoms with E-state index in [1.807, 2.05) is 0 Å². The molecular formula is C13H19NO6. The number of carboxylic acid groups (broad SMARTS) is 1. The fourth-order valence-electron chi connectivity index (χ4n) is 3.07. The first-order valence-electron chi connectivity index (χ1n) is 6.39. The molecule has 112 valence electrons. The Labute approximate surface area is 116 Å². The number of carbonyl (C=O) groups excluding carboxylic acids is 2. The van der Waals surface area contributed by atoms with Crippen LogP contribution in [0.4, 0.5) is 4.79 Å². The summed E-state index contributed by atoms with van der Waals surface area (Å²) >= 11 is 0. The third-order valence-electron chi connectivity index (χ3n) is 3.87. The fourth-order valence-corrected chi connectivity index (χ4v) is 3.07. The zero-order valence-electron chi connectivity index (χ0n) is 12.1. The molecule has 2 heterocycles. The molecule has 1 saturated carbocycles. The van der Waals surface area contributed by atoms with Gasteiger partial charge >= 0.3 is 18.0 Å². The number of ether oxygens (including phenoxy) is 2. The van der Waals surface area contributed by atoms with Crippen LogP contribution in [-0.2, 0) is 19.1 Å². The maximum absolute atomic E-state index is 12.1. The Kier molecular flexibility index (Phi) is 3.00. The van der Waals surface area contributed by atoms with Crippen molar-refractivity contribution in [1.29, 1.82) is 0 Å². The van der Waals surface area contributed by atoms with Gasteiger partial charge in [0.15, 0.2) is 0 Å². The largest absolute Gasteiger partial charge is 0.479 e. The van der Waals surface area contributed by atoms with Crippen molar-refractivity contribution in [3.63, 3.8) is 0 Å². The summed E-state index contributed by atoms with van der Waals surface area (Å²) in [5.74, 6) is -1.58. The number of esters is 1. The van der Waals surface area contributed by atoms with E-state index >= 15 is 0 Å². The van der Waals surface area contributed by atoms with Gasteiger partial charge in [0.1, 0.15) is 11.1 Å². The molecule has 0 aromatic rings. The van der Waals surface area contributed by atoms with Crippen LogP contribution in [0, 0.1) is 5.41 Å². The molecule has 0 spiro atoms. The van der Waals surface area contributed by atoms with Gasteiger partial charge in [-0.25, -0.2) is 9.59 Å². The smallest absolute Gasteiger partial charge is 0.411 e. The quantitative estimate of drug-likeness (QED) is 0.761. The third-order valence-corrected chi connectivity index (χ3v) is 3.87. The normalized spacial score (nSPS) is 31.5. The first-order chi connectivity index (χ1) is 9.06. The van der Waals surface area contributed by atoms with Crippen LogP contribution in [0.2, 0.25) is 0 Å². The SMILES string of the molecule is COC(=O)C12CN(C(=O)OC(C)(C)C)C(C(=O)O)(C1)C2. The minimum atomic E-state index is -1.34. The van der Waals surface area contributed by atoms with Crippen LogP contribution in [0.5, 0.6) is 0 Å². The van der Waals surface area contributed by atoms with Gasteiger partial charge in [-0.15, -0.1) is 0 Å². The van der Waals surface area contributed by atoms with E-state index in [0.717, 1.165) is 4.90 Å². The van der Waals surface area contributed by atoms with Gasteiger partial charge in [0, 0.05) is 6.54 Å². The Balaban J connectivity index is 2.24. The van der Waals surface area contributed by atoms with Gasteiger partial charge in [0.05, 0.1) is 12.5 Å². The first-order valence-corrected chi connectivity index (χ1v) is 6.39. The highest BCUT2D eigenvalue weighted by Gasteiger charge is 2.75. The van der Waals surface area contributed by atoms with E-state index < -0.39 is 34.6 Å². The van der Waals surface area contributed by atoms with Crippen LogP contribution in [0.15, 0.2) is 0 Å². The molecule has 3 aliphatic rings. The molecule has 3 rings (SSSR count). The molecule has 1 N–H and O–H groups in total. The number of fused-ring (bicyclic) bond motifs is 1. The van der Waals surface area contributed by atoms with E-state index in [-0.39, 0.29) is 19.4 Å². The zero-order valence-corrected chi connectivity index (χ0v) is 12.1. The highest BCUT2D eigenvalue weighted by Crippen LogP contribution is 2.60. The number of amides is 1. The van der Waals surface area contributed by atoms with E-state index in [2.05, 4.69) is 0 Å². The van der Waals surface area contributed by atoms with Crippen molar-refractivity contribution in [2.75, 3.05) is 13.7 Å². The predicted molar refractivity (Wildman–Crippen MR) is 67.0 cm³/mol. The molecule has 20 heavy (non-hydrogen) atoms. The van der Waals surface area contributed by atoms with E-state index in [1.165, 1.54) is 7.11 Å². The van der Waals surface area contributed by atoms with Crippen molar-refractivity contribution >= 4 is 18.0 Å². The van der Waals surface area contributed by atoms with Crippen LogP contribution in [0.1, 0.15) is 33.6 Å². The molecule has 1 amide bonds. The van der Waals surface area contributed by atoms with Crippen molar-refractivity contribution < 1.29 is 29.0 Å². The summed E-state index contributed by atoms with van der Waals surface area (Å²) in [7, 11) is 1.26. The number of hydrogen-bond donors (Lipinski definition) is 1. The molecule has 2 saturated heterocycles. The average molecular weight is 285 g/mol. The Morgan fingerprint density at radius 1 is 1.20 bits per heavy atom. The van der Waals surface area contributed by atoms with Crippen molar-refractivity contribution in [3.05, 3.63) is 0 Å². The summed E-state index contributed by atoms with van der Waals surface area (Å²) in [5, 5.41) is 9.40. The summed E-state index contributed by atoms with van der Waals surface area (Å²) in [6.07, 6.45) is -0.536. The summed E-state index contributed by atoms with van der Waals surface area (Å²) in [5.41, 5.74) is -2.96. The van der Waals surface area contributed by atoms with Gasteiger partial charge < -0.3 is 14.6 Å². The minimum absolute atomic E-state index is 0.0287. The number of carboxylic acids is 1. The lowest BCUT2D eigenvalue weighted by Crippen LogP contribution is -2.58. The standard InChI is InChI=1S/C13H19NO6/c1-11(2,3)20-10(18)14-7-12(9(17)19-4)5-13(14,6-12)8(15)16/h5-7H2,1-4H3,(H,15,16). The number of nitrogens with zero attached hydrogens (tertiary/aromatic N) is 1. The second-order valence-electron chi connectivity index (χ2n) is 6.53. The highest BCUT2D eigenvalue weighted by atomic mass is 16.6. The van der Waals surface area contributed by atoms with Crippen molar-refractivity contribution in [3.8, 4) is 0 Å². The van der Waals surface area contributed by atoms with Gasteiger partial charge in [-0.2, -0.15) is 0 Å². The predicted octanol–water partition coefficient (Wildman–Crippen LogP) is 1.01. The summed E-state index contributed by atoms with van der Waals surface area (Å²) in [4.78, 5) is 36.6. The number of hydrogen-bond acceptors (Lipinski definition) is 5. The lowest BCUT2D eigenvalue weighted by molar-refractivity contribution is -0.165. The van der Waals surface area contributed by atoms with Crippen LogP contribution in [0.25, 0.3) is 0 Å². The Morgan fingerprint density at radius 3 is 2.15 bits per heavy atom. The summed E-state index contributed by atoms with van der Waals surface area (Å²) < 4.78 is 9.94. The van der Waals surface area contributed by atoms with E-state index in [1.54, 1.807) is 20.8 Å². The summed E-state index contributed by atoms with van der Waals surface area (Å²) in [6, 6.07) is 0. The van der Waals surface area contributed by atoms with Gasteiger partial charge in [-0.05, 0) is 33.6 Å². The second kappa shape index (κ2) is 4.10. The maximum atomic E-state index is 12.1. The molecular weight excluding hydrogens is 266 g/mol. The maximum Gasteiger partial charge on any atom is 0.411 e. The number of rotatable bonds is 2. The first kappa shape index (κ1) is 14.6. The second-order valence-corrected chi connectivity index (χ2v) is 6.53. The molecule has 0 atom stereocenters. The Hall–Kier alpha value is -1.79. The number of aliphatic carboxylic acids is 1. The van der Waals surface area contributed by atoms with Crippen LogP contribution < -0.4 is 0 Å². The third kappa shape index (κ3) is 1.92. The minimum Gasteiger partial charge on any atom is -0.479 e. The fraction of sp³-hybridized carbons (Fsp3) is 0.769. The molecule has 0 unspecified atom stereocenters. The average Bonchev–Trinajstić information content (AvgIpc) is 2.77. The van der Waals surface area contributed by atoms with Crippen molar-refractivity contribution in [2.45, 2.75) is 44.8 Å². The molecule has 2 aliphatic heterocycles. The Morgan fingerprint density at radius 2 is 1.75 bits per heavy atom. The topological polar surface area (TPSA) is 93.1 Å². The number of carbonyl (C=O) groups is 3. The van der Waals surface area contributed by atoms with E-state index in [9.17, 15) is 19.5 Å². The van der Waals surface area contributed by atoms with Gasteiger partial charge in [-0.3, -0.25) is 9.69 Å². The highest BCUT2D eigenvalue weighted by molar-refractivity contribution is 5.94. The van der Waals surface area contributed by atoms with Crippen molar-refractivity contribution in [2.24, 2.45) is 5.41 Å². The molecule has 0 radical (unpaired) electrons. The van der Waals surface area contributed by atoms with Crippen molar-refractivity contribution in [1.82, 2.24) is 4.90 Å². The van der Waals surface area contributed by atoms with E-state index in [0.29, 0.717) is 0 Å². The van der Waals surface area contributed by atoms with Gasteiger partial charge in [0.25, 0.3) is 0 Å². The summed E-state index contributed by atoms with van der Waals surface area (Å²) in [6.45, 7) is 5.14. The molecule has 7 heteroatoms. The number of methoxy groups -OCH3 is 1. The monoisotopic (exact) mass is 285 g/mol. The van der Waals surface area contributed by atoms with E-state index in [4.69, 9.17) is 9.47 Å². The lowest BCUT2D eigenvalue weighted by Gasteiger charge is -2.42. The lowest BCUT2D eigenvalue weighted by atomic mass is 9.62. The van der Waals surface area contributed by atoms with Gasteiger partial charge in [-0.1, -0.05) is 0 Å². The molecule has 0 aromatic carbocycles. The molecule has 3 fully saturated rings. The molecule has 1 aliphatic carbocycles.